The van der Waals surface area contributed by atoms with Crippen LogP contribution in [0.2, 0.25) is 0 Å². The van der Waals surface area contributed by atoms with E-state index in [-0.39, 0.29) is 6.10 Å². The molecule has 1 unspecified atom stereocenters. The van der Waals surface area contributed by atoms with Crippen LogP contribution < -0.4 is 10.8 Å². The topological polar surface area (TPSA) is 55.4 Å². The maximum atomic E-state index is 12.5. The van der Waals surface area contributed by atoms with E-state index in [1.165, 1.54) is 6.42 Å². The summed E-state index contributed by atoms with van der Waals surface area (Å²) in [6.45, 7) is -1.94. The molecule has 21 heavy (non-hydrogen) atoms. The maximum absolute atomic E-state index is 12.5. The van der Waals surface area contributed by atoms with Crippen LogP contribution >= 0.6 is 17.7 Å². The molecule has 4 nitrogen and oxygen atoms in total. The number of halogens is 1. The van der Waals surface area contributed by atoms with E-state index >= 15 is 0 Å². The van der Waals surface area contributed by atoms with Crippen LogP contribution in [-0.4, -0.2) is 17.7 Å². The van der Waals surface area contributed by atoms with Crippen LogP contribution in [0.1, 0.15) is 39.0 Å². The van der Waals surface area contributed by atoms with Gasteiger partial charge in [-0.2, -0.15) is 5.48 Å². The first-order valence-corrected chi connectivity index (χ1v) is 9.94. The zero-order valence-electron chi connectivity index (χ0n) is 12.1. The molecule has 6 heteroatoms. The van der Waals surface area contributed by atoms with E-state index in [9.17, 15) is 9.36 Å². The van der Waals surface area contributed by atoms with Gasteiger partial charge in [-0.05, 0) is 43.1 Å². The lowest BCUT2D eigenvalue weighted by molar-refractivity contribution is -0.120. The van der Waals surface area contributed by atoms with E-state index in [2.05, 4.69) is 5.48 Å². The molecule has 2 rings (SSSR count). The van der Waals surface area contributed by atoms with Crippen molar-refractivity contribution < 1.29 is 14.2 Å². The molecular formula is C15H21ClNO3P. The highest BCUT2D eigenvalue weighted by atomic mass is 35.7. The first kappa shape index (κ1) is 16.7. The summed E-state index contributed by atoms with van der Waals surface area (Å²) in [5.41, 5.74) is 2.20. The molecule has 0 bridgehead atoms. The smallest absolute Gasteiger partial charge is 0.261 e. The molecular weight excluding hydrogens is 309 g/mol. The number of benzene rings is 1. The van der Waals surface area contributed by atoms with Crippen LogP contribution in [0.4, 0.5) is 0 Å². The first-order valence-electron chi connectivity index (χ1n) is 7.32. The zero-order valence-corrected chi connectivity index (χ0v) is 13.8. The van der Waals surface area contributed by atoms with Gasteiger partial charge >= 0.3 is 0 Å². The Labute approximate surface area is 130 Å². The number of carbonyl (C=O) groups excluding carboxylic acids is 1. The Morgan fingerprint density at radius 1 is 1.29 bits per heavy atom. The van der Waals surface area contributed by atoms with Crippen molar-refractivity contribution in [2.75, 3.05) is 0 Å². The van der Waals surface area contributed by atoms with Gasteiger partial charge in [0, 0.05) is 5.30 Å². The van der Waals surface area contributed by atoms with Gasteiger partial charge in [-0.1, -0.05) is 37.5 Å². The summed E-state index contributed by atoms with van der Waals surface area (Å²) in [5, 5.41) is 0.364. The van der Waals surface area contributed by atoms with Crippen LogP contribution in [0, 0.1) is 0 Å². The number of rotatable bonds is 6. The van der Waals surface area contributed by atoms with Gasteiger partial charge in [0.2, 0.25) is 5.52 Å². The summed E-state index contributed by atoms with van der Waals surface area (Å²) in [4.78, 5) is 17.8. The molecule has 1 N–H and O–H groups in total. The lowest BCUT2D eigenvalue weighted by Crippen LogP contribution is -2.38. The molecule has 0 radical (unpaired) electrons. The van der Waals surface area contributed by atoms with Crippen LogP contribution in [0.3, 0.4) is 0 Å². The largest absolute Gasteiger partial charge is 0.298 e. The lowest BCUT2D eigenvalue weighted by Gasteiger charge is -2.24. The average Bonchev–Trinajstić information content (AvgIpc) is 2.53. The van der Waals surface area contributed by atoms with Gasteiger partial charge in [0.1, 0.15) is 0 Å². The summed E-state index contributed by atoms with van der Waals surface area (Å²) in [5.74, 6) is 0. The molecule has 1 aromatic carbocycles. The third-order valence-electron chi connectivity index (χ3n) is 3.71. The molecule has 0 saturated heterocycles. The normalized spacial score (nSPS) is 20.7. The first-order chi connectivity index (χ1) is 10.0. The third kappa shape index (κ3) is 4.40. The van der Waals surface area contributed by atoms with Crippen molar-refractivity contribution in [3.05, 3.63) is 30.3 Å². The second kappa shape index (κ2) is 7.55. The predicted molar refractivity (Wildman–Crippen MR) is 85.1 cm³/mol. The minimum absolute atomic E-state index is 0.125. The summed E-state index contributed by atoms with van der Waals surface area (Å²) in [6.07, 6.45) is 5.63. The fourth-order valence-electron chi connectivity index (χ4n) is 2.43. The van der Waals surface area contributed by atoms with Crippen molar-refractivity contribution in [1.29, 1.82) is 0 Å². The number of hydroxylamine groups is 1. The lowest BCUT2D eigenvalue weighted by atomic mass is 9.98. The minimum Gasteiger partial charge on any atom is -0.298 e. The van der Waals surface area contributed by atoms with Crippen molar-refractivity contribution in [3.63, 3.8) is 0 Å². The summed E-state index contributed by atoms with van der Waals surface area (Å²) in [6, 6.07) is 7.75. The van der Waals surface area contributed by atoms with Crippen molar-refractivity contribution in [2.45, 2.75) is 51.2 Å². The van der Waals surface area contributed by atoms with Crippen LogP contribution in [0.25, 0.3) is 0 Å². The van der Waals surface area contributed by atoms with Crippen molar-refractivity contribution in [1.82, 2.24) is 5.48 Å². The molecule has 116 valence electrons. The monoisotopic (exact) mass is 329 g/mol. The van der Waals surface area contributed by atoms with Gasteiger partial charge in [0.15, 0.2) is 0 Å². The van der Waals surface area contributed by atoms with Gasteiger partial charge in [-0.3, -0.25) is 14.2 Å². The van der Waals surface area contributed by atoms with E-state index < -0.39 is 18.1 Å². The quantitative estimate of drug-likeness (QED) is 0.640. The van der Waals surface area contributed by atoms with Crippen molar-refractivity contribution in [2.24, 2.45) is 0 Å². The summed E-state index contributed by atoms with van der Waals surface area (Å²) >= 11 is 6.04. The molecule has 0 aliphatic heterocycles. The van der Waals surface area contributed by atoms with Crippen LogP contribution in [0.5, 0.6) is 0 Å². The number of nitrogens with one attached hydrogen (secondary N) is 1. The fourth-order valence-corrected chi connectivity index (χ4v) is 4.57. The molecule has 0 aromatic heterocycles. The second-order valence-electron chi connectivity index (χ2n) is 5.42. The Hall–Kier alpha value is -0.670. The molecule has 1 saturated carbocycles. The highest BCUT2D eigenvalue weighted by Gasteiger charge is 2.35. The van der Waals surface area contributed by atoms with E-state index in [1.807, 2.05) is 0 Å². The Morgan fingerprint density at radius 2 is 1.90 bits per heavy atom. The molecule has 0 amide bonds. The Kier molecular flexibility index (Phi) is 6.00. The third-order valence-corrected chi connectivity index (χ3v) is 6.71. The van der Waals surface area contributed by atoms with Gasteiger partial charge in [0.25, 0.3) is 6.49 Å². The molecule has 0 spiro atoms. The van der Waals surface area contributed by atoms with Crippen LogP contribution in [-0.2, 0) is 14.2 Å². The Morgan fingerprint density at radius 3 is 2.52 bits per heavy atom. The SMILES string of the molecule is C[C@H](NOC1CCCCC1)C(=O)P(=O)(Cl)c1ccccc1. The standard InChI is InChI=1S/C15H21ClNO3P/c1-12(17-20-13-8-4-2-5-9-13)15(18)21(16,19)14-10-6-3-7-11-14/h3,6-7,10-13,17H,2,4-5,8-9H2,1H3/t12-,21?/m0/s1. The molecule has 2 atom stereocenters. The molecule has 1 aromatic rings. The second-order valence-corrected chi connectivity index (χ2v) is 8.87. The van der Waals surface area contributed by atoms with Gasteiger partial charge in [-0.15, -0.1) is 0 Å². The average molecular weight is 330 g/mol. The fraction of sp³-hybridized carbons (Fsp3) is 0.533. The van der Waals surface area contributed by atoms with Gasteiger partial charge in [0.05, 0.1) is 12.1 Å². The minimum atomic E-state index is -3.57. The van der Waals surface area contributed by atoms with E-state index in [0.29, 0.717) is 5.30 Å². The summed E-state index contributed by atoms with van der Waals surface area (Å²) < 4.78 is 12.5. The van der Waals surface area contributed by atoms with Gasteiger partial charge < -0.3 is 0 Å². The maximum Gasteiger partial charge on any atom is 0.261 e. The highest BCUT2D eigenvalue weighted by molar-refractivity contribution is 8.07. The molecule has 0 heterocycles. The van der Waals surface area contributed by atoms with Crippen LogP contribution in [0.15, 0.2) is 30.3 Å². The van der Waals surface area contributed by atoms with E-state index in [0.717, 1.165) is 25.7 Å². The Bertz CT molecular complexity index is 517. The van der Waals surface area contributed by atoms with Crippen molar-refractivity contribution >= 4 is 28.6 Å². The zero-order chi connectivity index (χ0) is 15.3. The van der Waals surface area contributed by atoms with E-state index in [4.69, 9.17) is 16.1 Å². The van der Waals surface area contributed by atoms with Gasteiger partial charge in [-0.25, -0.2) is 0 Å². The van der Waals surface area contributed by atoms with Crippen molar-refractivity contribution in [3.8, 4) is 0 Å². The number of hydrogen-bond donors (Lipinski definition) is 1. The molecule has 1 aliphatic carbocycles. The Balaban J connectivity index is 1.93. The number of carbonyl (C=O) groups is 1. The number of hydrogen-bond acceptors (Lipinski definition) is 4. The molecule has 1 aliphatic rings. The predicted octanol–water partition coefficient (Wildman–Crippen LogP) is 3.60. The molecule has 1 fully saturated rings. The highest BCUT2D eigenvalue weighted by Crippen LogP contribution is 2.51. The summed E-state index contributed by atoms with van der Waals surface area (Å²) in [7, 11) is 0. The van der Waals surface area contributed by atoms with E-state index in [1.54, 1.807) is 37.3 Å².